The molecule has 2 aromatic rings. The standard InChI is InChI=1S/C20H18F3N3OS/c1-11-6-5-7-13(10-11)17-16(12(2)24-19(28)26-17)18(27)25-15-9-4-3-8-14(15)20(21,22)23/h3-10,17H,1-2H3,(H,25,27)(H2,24,26,28). The Morgan fingerprint density at radius 3 is 2.50 bits per heavy atom. The van der Waals surface area contributed by atoms with Crippen molar-refractivity contribution in [2.45, 2.75) is 26.1 Å². The Morgan fingerprint density at radius 2 is 1.82 bits per heavy atom. The minimum atomic E-state index is -4.58. The van der Waals surface area contributed by atoms with Crippen LogP contribution in [0.5, 0.6) is 0 Å². The van der Waals surface area contributed by atoms with Gasteiger partial charge < -0.3 is 16.0 Å². The van der Waals surface area contributed by atoms with Crippen LogP contribution in [0.2, 0.25) is 0 Å². The second-order valence-electron chi connectivity index (χ2n) is 6.48. The second-order valence-corrected chi connectivity index (χ2v) is 6.89. The molecule has 0 saturated heterocycles. The molecule has 3 N–H and O–H groups in total. The van der Waals surface area contributed by atoms with Gasteiger partial charge in [0.25, 0.3) is 5.91 Å². The number of para-hydroxylation sites is 1. The van der Waals surface area contributed by atoms with Crippen molar-refractivity contribution >= 4 is 28.9 Å². The molecule has 1 atom stereocenters. The van der Waals surface area contributed by atoms with Crippen molar-refractivity contribution in [1.82, 2.24) is 10.6 Å². The Bertz CT molecular complexity index is 969. The van der Waals surface area contributed by atoms with E-state index in [0.717, 1.165) is 17.2 Å². The molecule has 1 heterocycles. The predicted octanol–water partition coefficient (Wildman–Crippen LogP) is 4.45. The van der Waals surface area contributed by atoms with Crippen LogP contribution in [0.3, 0.4) is 0 Å². The molecule has 1 unspecified atom stereocenters. The summed E-state index contributed by atoms with van der Waals surface area (Å²) in [5.74, 6) is -0.636. The number of carbonyl (C=O) groups is 1. The van der Waals surface area contributed by atoms with E-state index in [2.05, 4.69) is 16.0 Å². The first-order chi connectivity index (χ1) is 13.2. The van der Waals surface area contributed by atoms with Gasteiger partial charge in [0.1, 0.15) is 0 Å². The van der Waals surface area contributed by atoms with E-state index in [9.17, 15) is 18.0 Å². The van der Waals surface area contributed by atoms with Crippen molar-refractivity contribution in [3.63, 3.8) is 0 Å². The van der Waals surface area contributed by atoms with E-state index in [4.69, 9.17) is 12.2 Å². The van der Waals surface area contributed by atoms with Crippen LogP contribution in [0.25, 0.3) is 0 Å². The number of hydrogen-bond acceptors (Lipinski definition) is 2. The maximum atomic E-state index is 13.2. The third-order valence-corrected chi connectivity index (χ3v) is 4.59. The monoisotopic (exact) mass is 405 g/mol. The molecular weight excluding hydrogens is 387 g/mol. The van der Waals surface area contributed by atoms with Gasteiger partial charge in [0, 0.05) is 5.70 Å². The number of hydrogen-bond donors (Lipinski definition) is 3. The molecule has 0 radical (unpaired) electrons. The second kappa shape index (κ2) is 7.63. The lowest BCUT2D eigenvalue weighted by molar-refractivity contribution is -0.137. The fourth-order valence-electron chi connectivity index (χ4n) is 3.12. The van der Waals surface area contributed by atoms with Gasteiger partial charge in [-0.05, 0) is 43.8 Å². The minimum Gasteiger partial charge on any atom is -0.351 e. The Kier molecular flexibility index (Phi) is 5.42. The van der Waals surface area contributed by atoms with Gasteiger partial charge in [0.2, 0.25) is 0 Å². The molecule has 0 spiro atoms. The summed E-state index contributed by atoms with van der Waals surface area (Å²) in [5.41, 5.74) is 1.34. The number of rotatable bonds is 3. The van der Waals surface area contributed by atoms with E-state index >= 15 is 0 Å². The number of nitrogens with one attached hydrogen (secondary N) is 3. The fourth-order valence-corrected chi connectivity index (χ4v) is 3.39. The van der Waals surface area contributed by atoms with Crippen LogP contribution in [0, 0.1) is 6.92 Å². The van der Waals surface area contributed by atoms with Gasteiger partial charge in [-0.3, -0.25) is 4.79 Å². The summed E-state index contributed by atoms with van der Waals surface area (Å²) in [7, 11) is 0. The van der Waals surface area contributed by atoms with E-state index < -0.39 is 23.7 Å². The van der Waals surface area contributed by atoms with Crippen LogP contribution in [0.15, 0.2) is 59.8 Å². The smallest absolute Gasteiger partial charge is 0.351 e. The number of anilines is 1. The van der Waals surface area contributed by atoms with Gasteiger partial charge in [0.15, 0.2) is 5.11 Å². The number of aryl methyl sites for hydroxylation is 1. The zero-order valence-corrected chi connectivity index (χ0v) is 16.0. The van der Waals surface area contributed by atoms with Crippen LogP contribution >= 0.6 is 12.2 Å². The lowest BCUT2D eigenvalue weighted by Gasteiger charge is -2.30. The number of thiocarbonyl (C=S) groups is 1. The Labute approximate surface area is 165 Å². The molecule has 28 heavy (non-hydrogen) atoms. The molecule has 0 bridgehead atoms. The molecule has 4 nitrogen and oxygen atoms in total. The van der Waals surface area contributed by atoms with Crippen LogP contribution < -0.4 is 16.0 Å². The number of allylic oxidation sites excluding steroid dienone is 1. The first-order valence-corrected chi connectivity index (χ1v) is 8.90. The van der Waals surface area contributed by atoms with Gasteiger partial charge in [-0.1, -0.05) is 42.0 Å². The lowest BCUT2D eigenvalue weighted by atomic mass is 9.94. The van der Waals surface area contributed by atoms with E-state index in [1.165, 1.54) is 18.2 Å². The molecule has 8 heteroatoms. The highest BCUT2D eigenvalue weighted by atomic mass is 32.1. The Hall–Kier alpha value is -2.87. The highest BCUT2D eigenvalue weighted by molar-refractivity contribution is 7.80. The van der Waals surface area contributed by atoms with Gasteiger partial charge >= 0.3 is 6.18 Å². The van der Waals surface area contributed by atoms with Crippen LogP contribution in [0.1, 0.15) is 29.7 Å². The highest BCUT2D eigenvalue weighted by Crippen LogP contribution is 2.35. The molecule has 3 rings (SSSR count). The number of amides is 1. The molecule has 1 aliphatic rings. The molecule has 146 valence electrons. The average molecular weight is 405 g/mol. The third kappa shape index (κ3) is 4.17. The molecule has 0 saturated carbocycles. The van der Waals surface area contributed by atoms with Gasteiger partial charge in [-0.15, -0.1) is 0 Å². The number of alkyl halides is 3. The number of halogens is 3. The lowest BCUT2D eigenvalue weighted by Crippen LogP contribution is -2.45. The fraction of sp³-hybridized carbons (Fsp3) is 0.200. The maximum Gasteiger partial charge on any atom is 0.418 e. The largest absolute Gasteiger partial charge is 0.418 e. The van der Waals surface area contributed by atoms with Gasteiger partial charge in [-0.25, -0.2) is 0 Å². The number of benzene rings is 2. The minimum absolute atomic E-state index is 0.274. The van der Waals surface area contributed by atoms with Crippen molar-refractivity contribution in [2.75, 3.05) is 5.32 Å². The third-order valence-electron chi connectivity index (χ3n) is 4.37. The molecule has 0 fully saturated rings. The van der Waals surface area contributed by atoms with Crippen molar-refractivity contribution < 1.29 is 18.0 Å². The quantitative estimate of drug-likeness (QED) is 0.661. The van der Waals surface area contributed by atoms with E-state index in [1.54, 1.807) is 6.92 Å². The normalized spacial score (nSPS) is 17.0. The summed E-state index contributed by atoms with van der Waals surface area (Å²) < 4.78 is 39.7. The van der Waals surface area contributed by atoms with Crippen molar-refractivity contribution in [2.24, 2.45) is 0 Å². The molecule has 1 amide bonds. The molecule has 1 aliphatic heterocycles. The SMILES string of the molecule is CC1=C(C(=O)Nc2ccccc2C(F)(F)F)C(c2cccc(C)c2)NC(=S)N1. The molecule has 0 aliphatic carbocycles. The van der Waals surface area contributed by atoms with Crippen molar-refractivity contribution in [3.8, 4) is 0 Å². The van der Waals surface area contributed by atoms with E-state index in [-0.39, 0.29) is 11.3 Å². The zero-order chi connectivity index (χ0) is 20.5. The Balaban J connectivity index is 1.99. The zero-order valence-electron chi connectivity index (χ0n) is 15.1. The molecule has 2 aromatic carbocycles. The first-order valence-electron chi connectivity index (χ1n) is 8.49. The number of carbonyl (C=O) groups excluding carboxylic acids is 1. The summed E-state index contributed by atoms with van der Waals surface area (Å²) in [6.07, 6.45) is -4.58. The summed E-state index contributed by atoms with van der Waals surface area (Å²) in [4.78, 5) is 13.0. The van der Waals surface area contributed by atoms with Crippen LogP contribution in [-0.4, -0.2) is 11.0 Å². The predicted molar refractivity (Wildman–Crippen MR) is 106 cm³/mol. The van der Waals surface area contributed by atoms with Gasteiger partial charge in [-0.2, -0.15) is 13.2 Å². The summed E-state index contributed by atoms with van der Waals surface area (Å²) in [6.45, 7) is 3.58. The van der Waals surface area contributed by atoms with Crippen molar-refractivity contribution in [3.05, 3.63) is 76.5 Å². The van der Waals surface area contributed by atoms with Crippen molar-refractivity contribution in [1.29, 1.82) is 0 Å². The van der Waals surface area contributed by atoms with Crippen LogP contribution in [0.4, 0.5) is 18.9 Å². The first kappa shape index (κ1) is 19.9. The Morgan fingerprint density at radius 1 is 1.11 bits per heavy atom. The molecule has 0 aromatic heterocycles. The topological polar surface area (TPSA) is 53.2 Å². The summed E-state index contributed by atoms with van der Waals surface area (Å²) in [6, 6.07) is 11.8. The summed E-state index contributed by atoms with van der Waals surface area (Å²) in [5, 5.41) is 8.65. The van der Waals surface area contributed by atoms with E-state index in [1.807, 2.05) is 31.2 Å². The van der Waals surface area contributed by atoms with E-state index in [0.29, 0.717) is 10.8 Å². The average Bonchev–Trinajstić information content (AvgIpc) is 2.60. The highest BCUT2D eigenvalue weighted by Gasteiger charge is 2.35. The summed E-state index contributed by atoms with van der Waals surface area (Å²) >= 11 is 5.19. The van der Waals surface area contributed by atoms with Crippen LogP contribution in [-0.2, 0) is 11.0 Å². The molecular formula is C20H18F3N3OS. The maximum absolute atomic E-state index is 13.2. The van der Waals surface area contributed by atoms with Gasteiger partial charge in [0.05, 0.1) is 22.9 Å².